The van der Waals surface area contributed by atoms with Gasteiger partial charge in [-0.1, -0.05) is 19.6 Å². The van der Waals surface area contributed by atoms with E-state index in [2.05, 4.69) is 5.32 Å². The number of carbonyl (C=O) groups is 3. The summed E-state index contributed by atoms with van der Waals surface area (Å²) >= 11 is 0. The standard InChI is InChI=1S/C21H27N3O6.CH4.2H2S/c25-15-5-3-14(4-6-15)12-16(22-21(28)23-8-10-29-11-9-23)20(27)24-7-1-2-18-19(24)17(26)13-30-18;;;/h3-6,16,18-19,25H,1-2,7-13H2,(H,22,28);1H4;2*1H2/t16-,18-,19-;;;/m0.../s1. The van der Waals surface area contributed by atoms with Gasteiger partial charge in [0.2, 0.25) is 5.91 Å². The van der Waals surface area contributed by atoms with E-state index in [0.717, 1.165) is 18.4 Å². The Morgan fingerprint density at radius 2 is 1.79 bits per heavy atom. The van der Waals surface area contributed by atoms with Crippen LogP contribution in [0.3, 0.4) is 0 Å². The largest absolute Gasteiger partial charge is 0.508 e. The average molecular weight is 502 g/mol. The number of urea groups is 1. The molecule has 0 radical (unpaired) electrons. The van der Waals surface area contributed by atoms with Gasteiger partial charge in [0, 0.05) is 26.1 Å². The first-order chi connectivity index (χ1) is 14.5. The molecule has 11 heteroatoms. The minimum absolute atomic E-state index is 0. The van der Waals surface area contributed by atoms with Crippen LogP contribution in [0.2, 0.25) is 0 Å². The highest BCUT2D eigenvalue weighted by Crippen LogP contribution is 2.27. The molecule has 0 aromatic heterocycles. The van der Waals surface area contributed by atoms with Gasteiger partial charge in [-0.25, -0.2) is 4.79 Å². The molecule has 3 heterocycles. The number of ketones is 1. The molecule has 1 aromatic carbocycles. The number of piperidine rings is 1. The fraction of sp³-hybridized carbons (Fsp3) is 0.591. The lowest BCUT2D eigenvalue weighted by molar-refractivity contribution is -0.142. The number of nitrogens with zero attached hydrogens (tertiary/aromatic N) is 2. The van der Waals surface area contributed by atoms with Crippen molar-refractivity contribution in [3.63, 3.8) is 0 Å². The molecule has 3 saturated heterocycles. The third kappa shape index (κ3) is 6.78. The first kappa shape index (κ1) is 29.1. The molecule has 186 valence electrons. The van der Waals surface area contributed by atoms with E-state index in [9.17, 15) is 19.5 Å². The molecule has 3 atom stereocenters. The van der Waals surface area contributed by atoms with Crippen LogP contribution in [-0.2, 0) is 25.5 Å². The predicted octanol–water partition coefficient (Wildman–Crippen LogP) is 1.17. The Bertz CT molecular complexity index is 804. The molecular formula is C22H35N3O6S2. The molecule has 3 amide bonds. The number of phenols is 1. The molecule has 3 fully saturated rings. The zero-order chi connectivity index (χ0) is 21.1. The summed E-state index contributed by atoms with van der Waals surface area (Å²) in [7, 11) is 0. The normalized spacial score (nSPS) is 22.7. The van der Waals surface area contributed by atoms with Gasteiger partial charge >= 0.3 is 6.03 Å². The maximum absolute atomic E-state index is 13.5. The maximum atomic E-state index is 13.5. The molecular weight excluding hydrogens is 466 g/mol. The Labute approximate surface area is 208 Å². The zero-order valence-corrected chi connectivity index (χ0v) is 19.8. The van der Waals surface area contributed by atoms with Gasteiger partial charge in [-0.3, -0.25) is 9.59 Å². The first-order valence-electron chi connectivity index (χ1n) is 10.4. The molecule has 0 saturated carbocycles. The van der Waals surface area contributed by atoms with Crippen molar-refractivity contribution >= 4 is 44.7 Å². The minimum atomic E-state index is -0.822. The van der Waals surface area contributed by atoms with Crippen molar-refractivity contribution < 1.29 is 29.0 Å². The van der Waals surface area contributed by atoms with Crippen LogP contribution in [0, 0.1) is 0 Å². The molecule has 0 unspecified atom stereocenters. The SMILES string of the molecule is C.O=C1CO[C@H]2CCCN(C(=O)[C@H](Cc3ccc(O)cc3)NC(=O)N3CCOCC3)[C@@H]12.S.S. The van der Waals surface area contributed by atoms with Crippen LogP contribution in [0.4, 0.5) is 4.79 Å². The van der Waals surface area contributed by atoms with Crippen LogP contribution >= 0.6 is 27.0 Å². The summed E-state index contributed by atoms with van der Waals surface area (Å²) in [6.45, 7) is 2.35. The number of Topliss-reactive ketones (excluding diaryl/α,β-unsaturated/α-hetero) is 1. The van der Waals surface area contributed by atoms with Gasteiger partial charge in [0.1, 0.15) is 24.4 Å². The number of nitrogens with one attached hydrogen (secondary N) is 1. The fourth-order valence-corrected chi connectivity index (χ4v) is 4.31. The van der Waals surface area contributed by atoms with Gasteiger partial charge in [0.25, 0.3) is 0 Å². The van der Waals surface area contributed by atoms with Crippen molar-refractivity contribution in [3.05, 3.63) is 29.8 Å². The van der Waals surface area contributed by atoms with Crippen molar-refractivity contribution in [2.45, 2.75) is 44.9 Å². The third-order valence-electron chi connectivity index (χ3n) is 5.90. The monoisotopic (exact) mass is 501 g/mol. The summed E-state index contributed by atoms with van der Waals surface area (Å²) < 4.78 is 10.8. The van der Waals surface area contributed by atoms with Crippen LogP contribution < -0.4 is 5.32 Å². The smallest absolute Gasteiger partial charge is 0.318 e. The van der Waals surface area contributed by atoms with Crippen molar-refractivity contribution in [1.29, 1.82) is 0 Å². The average Bonchev–Trinajstić information content (AvgIpc) is 3.16. The van der Waals surface area contributed by atoms with E-state index in [-0.39, 0.29) is 77.0 Å². The van der Waals surface area contributed by atoms with E-state index in [4.69, 9.17) is 9.47 Å². The molecule has 2 N–H and O–H groups in total. The number of hydrogen-bond donors (Lipinski definition) is 2. The molecule has 9 nitrogen and oxygen atoms in total. The highest BCUT2D eigenvalue weighted by Gasteiger charge is 2.45. The van der Waals surface area contributed by atoms with E-state index in [1.165, 1.54) is 0 Å². The van der Waals surface area contributed by atoms with Crippen LogP contribution in [0.1, 0.15) is 25.8 Å². The summed E-state index contributed by atoms with van der Waals surface area (Å²) in [6.07, 6.45) is 1.50. The fourth-order valence-electron chi connectivity index (χ4n) is 4.31. The zero-order valence-electron chi connectivity index (χ0n) is 17.8. The summed E-state index contributed by atoms with van der Waals surface area (Å²) in [4.78, 5) is 41.8. The molecule has 4 rings (SSSR count). The van der Waals surface area contributed by atoms with Crippen LogP contribution in [0.5, 0.6) is 5.75 Å². The Kier molecular flexibility index (Phi) is 11.5. The maximum Gasteiger partial charge on any atom is 0.318 e. The molecule has 3 aliphatic rings. The number of likely N-dealkylation sites (tertiary alicyclic amines) is 1. The summed E-state index contributed by atoms with van der Waals surface area (Å²) in [5.74, 6) is -0.235. The lowest BCUT2D eigenvalue weighted by Gasteiger charge is -2.38. The molecule has 0 spiro atoms. The van der Waals surface area contributed by atoms with Gasteiger partial charge < -0.3 is 29.7 Å². The quantitative estimate of drug-likeness (QED) is 0.641. The predicted molar refractivity (Wildman–Crippen MR) is 133 cm³/mol. The van der Waals surface area contributed by atoms with E-state index >= 15 is 0 Å². The number of amides is 3. The number of carbonyl (C=O) groups excluding carboxylic acids is 3. The minimum Gasteiger partial charge on any atom is -0.508 e. The Balaban J connectivity index is 0.00000181. The van der Waals surface area contributed by atoms with Gasteiger partial charge in [-0.2, -0.15) is 27.0 Å². The Morgan fingerprint density at radius 3 is 2.45 bits per heavy atom. The van der Waals surface area contributed by atoms with E-state index < -0.39 is 12.1 Å². The lowest BCUT2D eigenvalue weighted by atomic mass is 9.95. The number of benzene rings is 1. The topological polar surface area (TPSA) is 108 Å². The summed E-state index contributed by atoms with van der Waals surface area (Å²) in [5, 5.41) is 12.4. The lowest BCUT2D eigenvalue weighted by Crippen LogP contribution is -2.60. The van der Waals surface area contributed by atoms with Gasteiger partial charge in [-0.15, -0.1) is 0 Å². The van der Waals surface area contributed by atoms with Gasteiger partial charge in [-0.05, 0) is 30.5 Å². The number of fused-ring (bicyclic) bond motifs is 1. The molecule has 3 aliphatic heterocycles. The van der Waals surface area contributed by atoms with Crippen LogP contribution in [-0.4, -0.2) is 90.3 Å². The van der Waals surface area contributed by atoms with Gasteiger partial charge in [0.05, 0.1) is 19.3 Å². The first-order valence-corrected chi connectivity index (χ1v) is 10.4. The van der Waals surface area contributed by atoms with Crippen LogP contribution in [0.15, 0.2) is 24.3 Å². The molecule has 0 bridgehead atoms. The summed E-state index contributed by atoms with van der Waals surface area (Å²) in [5.41, 5.74) is 0.802. The Hall–Kier alpha value is -1.95. The number of aromatic hydroxyl groups is 1. The number of hydrogen-bond acceptors (Lipinski definition) is 6. The molecule has 0 aliphatic carbocycles. The van der Waals surface area contributed by atoms with Crippen molar-refractivity contribution in [2.24, 2.45) is 0 Å². The summed E-state index contributed by atoms with van der Waals surface area (Å²) in [6, 6.07) is 4.82. The van der Waals surface area contributed by atoms with Crippen molar-refractivity contribution in [3.8, 4) is 5.75 Å². The number of rotatable bonds is 4. The van der Waals surface area contributed by atoms with Crippen molar-refractivity contribution in [2.75, 3.05) is 39.5 Å². The second kappa shape index (κ2) is 13.1. The number of phenolic OH excluding ortho intramolecular Hbond substituents is 1. The van der Waals surface area contributed by atoms with E-state index in [0.29, 0.717) is 32.8 Å². The van der Waals surface area contributed by atoms with E-state index in [1.54, 1.807) is 34.1 Å². The number of morpholine rings is 1. The second-order valence-electron chi connectivity index (χ2n) is 7.91. The highest BCUT2D eigenvalue weighted by molar-refractivity contribution is 7.59. The van der Waals surface area contributed by atoms with Gasteiger partial charge in [0.15, 0.2) is 5.78 Å². The third-order valence-corrected chi connectivity index (χ3v) is 5.90. The van der Waals surface area contributed by atoms with E-state index in [1.807, 2.05) is 0 Å². The second-order valence-corrected chi connectivity index (χ2v) is 7.91. The van der Waals surface area contributed by atoms with Crippen molar-refractivity contribution in [1.82, 2.24) is 15.1 Å². The van der Waals surface area contributed by atoms with Crippen LogP contribution in [0.25, 0.3) is 0 Å². The highest BCUT2D eigenvalue weighted by atomic mass is 32.1. The Morgan fingerprint density at radius 1 is 1.12 bits per heavy atom. The molecule has 1 aromatic rings. The molecule has 33 heavy (non-hydrogen) atoms. The number of ether oxygens (including phenoxy) is 2.